The molecule has 0 aliphatic carbocycles. The molecule has 1 heterocycles. The Morgan fingerprint density at radius 1 is 0.618 bits per heavy atom. The number of rotatable bonds is 6. The van der Waals surface area contributed by atoms with Crippen molar-refractivity contribution in [3.63, 3.8) is 0 Å². The van der Waals surface area contributed by atoms with E-state index in [1.165, 1.54) is 12.1 Å². The highest BCUT2D eigenvalue weighted by atomic mass is 16.7. The average Bonchev–Trinajstić information content (AvgIpc) is 2.89. The van der Waals surface area contributed by atoms with Gasteiger partial charge in [-0.15, -0.1) is 0 Å². The summed E-state index contributed by atoms with van der Waals surface area (Å²) in [6.07, 6.45) is -5.51. The number of carbonyl (C=O) groups is 3. The van der Waals surface area contributed by atoms with Crippen molar-refractivity contribution < 1.29 is 38.4 Å². The van der Waals surface area contributed by atoms with Crippen LogP contribution in [0.15, 0.2) is 91.0 Å². The standard InChI is InChI=1S/C26H22O8/c27-23(17-10-4-1-5-11-17)32-20-16-31-26(30)22(34-25(29)19-14-8-3-9-15-19)21(20)33-24(28)18-12-6-2-7-13-18/h1-15,20-22,26,30H,16H2/t20?,21-,22?,26?/m1/s1. The summed E-state index contributed by atoms with van der Waals surface area (Å²) in [5, 5.41) is 10.5. The van der Waals surface area contributed by atoms with Crippen LogP contribution in [0, 0.1) is 0 Å². The van der Waals surface area contributed by atoms with Crippen LogP contribution in [0.25, 0.3) is 0 Å². The maximum absolute atomic E-state index is 12.8. The van der Waals surface area contributed by atoms with E-state index in [2.05, 4.69) is 0 Å². The Labute approximate surface area is 195 Å². The zero-order valence-electron chi connectivity index (χ0n) is 18.0. The van der Waals surface area contributed by atoms with Crippen LogP contribution in [0.1, 0.15) is 31.1 Å². The number of aliphatic hydroxyl groups is 1. The van der Waals surface area contributed by atoms with E-state index in [4.69, 9.17) is 18.9 Å². The molecule has 0 bridgehead atoms. The van der Waals surface area contributed by atoms with Gasteiger partial charge in [-0.1, -0.05) is 54.6 Å². The SMILES string of the molecule is O=C(OC1COC(O)C(OC(=O)c2ccccc2)[C@@H]1OC(=O)c1ccccc1)c1ccccc1. The summed E-state index contributed by atoms with van der Waals surface area (Å²) in [6, 6.07) is 24.5. The molecule has 0 radical (unpaired) electrons. The molecule has 0 aromatic heterocycles. The molecule has 8 nitrogen and oxygen atoms in total. The first-order valence-corrected chi connectivity index (χ1v) is 10.6. The summed E-state index contributed by atoms with van der Waals surface area (Å²) in [4.78, 5) is 38.1. The van der Waals surface area contributed by atoms with E-state index in [0.29, 0.717) is 0 Å². The minimum absolute atomic E-state index is 0.228. The molecule has 0 saturated carbocycles. The predicted molar refractivity (Wildman–Crippen MR) is 119 cm³/mol. The van der Waals surface area contributed by atoms with Gasteiger partial charge in [-0.05, 0) is 36.4 Å². The molecule has 8 heteroatoms. The smallest absolute Gasteiger partial charge is 0.338 e. The van der Waals surface area contributed by atoms with Gasteiger partial charge < -0.3 is 24.1 Å². The van der Waals surface area contributed by atoms with Gasteiger partial charge in [-0.2, -0.15) is 0 Å². The van der Waals surface area contributed by atoms with Crippen LogP contribution in [0.5, 0.6) is 0 Å². The zero-order chi connectivity index (χ0) is 23.9. The molecule has 34 heavy (non-hydrogen) atoms. The van der Waals surface area contributed by atoms with Crippen LogP contribution in [-0.4, -0.2) is 54.2 Å². The van der Waals surface area contributed by atoms with Crippen LogP contribution in [-0.2, 0) is 18.9 Å². The second kappa shape index (κ2) is 10.7. The normalized spacial score (nSPS) is 21.8. The van der Waals surface area contributed by atoms with Crippen LogP contribution < -0.4 is 0 Å². The molecule has 4 rings (SSSR count). The van der Waals surface area contributed by atoms with Crippen molar-refractivity contribution in [3.05, 3.63) is 108 Å². The maximum Gasteiger partial charge on any atom is 0.338 e. The highest BCUT2D eigenvalue weighted by Gasteiger charge is 2.47. The third-order valence-corrected chi connectivity index (χ3v) is 5.18. The van der Waals surface area contributed by atoms with Crippen molar-refractivity contribution in [2.24, 2.45) is 0 Å². The van der Waals surface area contributed by atoms with E-state index >= 15 is 0 Å². The Kier molecular flexibility index (Phi) is 7.31. The molecule has 174 valence electrons. The van der Waals surface area contributed by atoms with Gasteiger partial charge >= 0.3 is 17.9 Å². The summed E-state index contributed by atoms with van der Waals surface area (Å²) in [7, 11) is 0. The fourth-order valence-electron chi connectivity index (χ4n) is 3.44. The number of hydrogen-bond acceptors (Lipinski definition) is 8. The van der Waals surface area contributed by atoms with Gasteiger partial charge in [0, 0.05) is 0 Å². The van der Waals surface area contributed by atoms with Gasteiger partial charge in [0.2, 0.25) is 0 Å². The molecule has 3 aromatic carbocycles. The number of ether oxygens (including phenoxy) is 4. The van der Waals surface area contributed by atoms with E-state index in [-0.39, 0.29) is 23.3 Å². The number of aliphatic hydroxyl groups excluding tert-OH is 1. The molecule has 1 N–H and O–H groups in total. The highest BCUT2D eigenvalue weighted by molar-refractivity contribution is 5.91. The number of carbonyl (C=O) groups excluding carboxylic acids is 3. The lowest BCUT2D eigenvalue weighted by Crippen LogP contribution is -2.57. The van der Waals surface area contributed by atoms with Gasteiger partial charge in [0.25, 0.3) is 0 Å². The minimum atomic E-state index is -1.60. The molecular formula is C26H22O8. The molecule has 1 saturated heterocycles. The topological polar surface area (TPSA) is 108 Å². The first-order chi connectivity index (χ1) is 16.5. The third kappa shape index (κ3) is 5.48. The average molecular weight is 462 g/mol. The molecule has 1 aliphatic heterocycles. The van der Waals surface area contributed by atoms with Crippen LogP contribution in [0.3, 0.4) is 0 Å². The van der Waals surface area contributed by atoms with Gasteiger partial charge in [-0.25, -0.2) is 14.4 Å². The van der Waals surface area contributed by atoms with Crippen LogP contribution in [0.4, 0.5) is 0 Å². The van der Waals surface area contributed by atoms with E-state index in [1.807, 2.05) is 0 Å². The van der Waals surface area contributed by atoms with Crippen molar-refractivity contribution in [2.75, 3.05) is 6.61 Å². The largest absolute Gasteiger partial charge is 0.452 e. The molecule has 4 atom stereocenters. The Balaban J connectivity index is 1.59. The molecule has 1 aliphatic rings. The molecular weight excluding hydrogens is 440 g/mol. The molecule has 0 spiro atoms. The van der Waals surface area contributed by atoms with E-state index in [1.54, 1.807) is 78.9 Å². The summed E-state index contributed by atoms with van der Waals surface area (Å²) in [6.45, 7) is -0.272. The summed E-state index contributed by atoms with van der Waals surface area (Å²) >= 11 is 0. The highest BCUT2D eigenvalue weighted by Crippen LogP contribution is 2.25. The van der Waals surface area contributed by atoms with Gasteiger partial charge in [0.05, 0.1) is 23.3 Å². The van der Waals surface area contributed by atoms with E-state index in [0.717, 1.165) is 0 Å². The van der Waals surface area contributed by atoms with Crippen molar-refractivity contribution in [3.8, 4) is 0 Å². The van der Waals surface area contributed by atoms with E-state index in [9.17, 15) is 19.5 Å². The third-order valence-electron chi connectivity index (χ3n) is 5.18. The monoisotopic (exact) mass is 462 g/mol. The summed E-state index contributed by atoms with van der Waals surface area (Å²) in [5.74, 6) is -2.18. The second-order valence-corrected chi connectivity index (χ2v) is 7.51. The summed E-state index contributed by atoms with van der Waals surface area (Å²) in [5.41, 5.74) is 0.746. The molecule has 1 fully saturated rings. The lowest BCUT2D eigenvalue weighted by molar-refractivity contribution is -0.251. The van der Waals surface area contributed by atoms with Crippen LogP contribution in [0.2, 0.25) is 0 Å². The molecule has 0 amide bonds. The lowest BCUT2D eigenvalue weighted by atomic mass is 10.0. The Hall–Kier alpha value is -4.01. The zero-order valence-corrected chi connectivity index (χ0v) is 18.0. The van der Waals surface area contributed by atoms with Gasteiger partial charge in [0.15, 0.2) is 24.6 Å². The van der Waals surface area contributed by atoms with Crippen molar-refractivity contribution in [2.45, 2.75) is 24.6 Å². The number of benzene rings is 3. The fourth-order valence-corrected chi connectivity index (χ4v) is 3.44. The van der Waals surface area contributed by atoms with Gasteiger partial charge in [-0.3, -0.25) is 0 Å². The summed E-state index contributed by atoms with van der Waals surface area (Å²) < 4.78 is 21.9. The van der Waals surface area contributed by atoms with Crippen molar-refractivity contribution in [1.82, 2.24) is 0 Å². The minimum Gasteiger partial charge on any atom is -0.452 e. The Bertz CT molecular complexity index is 1120. The van der Waals surface area contributed by atoms with Crippen molar-refractivity contribution >= 4 is 17.9 Å². The van der Waals surface area contributed by atoms with Crippen molar-refractivity contribution in [1.29, 1.82) is 0 Å². The second-order valence-electron chi connectivity index (χ2n) is 7.51. The quantitative estimate of drug-likeness (QED) is 0.440. The van der Waals surface area contributed by atoms with Crippen LogP contribution >= 0.6 is 0 Å². The first-order valence-electron chi connectivity index (χ1n) is 10.6. The lowest BCUT2D eigenvalue weighted by Gasteiger charge is -2.38. The molecule has 3 unspecified atom stereocenters. The maximum atomic E-state index is 12.8. The fraction of sp³-hybridized carbons (Fsp3) is 0.192. The first kappa shape index (κ1) is 23.2. The predicted octanol–water partition coefficient (Wildman–Crippen LogP) is 3.01. The molecule has 3 aromatic rings. The number of esters is 3. The Morgan fingerprint density at radius 2 is 1.00 bits per heavy atom. The Morgan fingerprint density at radius 3 is 1.44 bits per heavy atom. The van der Waals surface area contributed by atoms with Gasteiger partial charge in [0.1, 0.15) is 0 Å². The van der Waals surface area contributed by atoms with E-state index < -0.39 is 42.5 Å². The number of hydrogen-bond donors (Lipinski definition) is 1.